The lowest BCUT2D eigenvalue weighted by atomic mass is 9.92. The summed E-state index contributed by atoms with van der Waals surface area (Å²) in [5.74, 6) is 0.841. The van der Waals surface area contributed by atoms with Gasteiger partial charge in [-0.05, 0) is 57.7 Å². The Hall–Kier alpha value is -1.77. The van der Waals surface area contributed by atoms with Crippen molar-refractivity contribution in [1.82, 2.24) is 20.2 Å². The van der Waals surface area contributed by atoms with Gasteiger partial charge in [-0.3, -0.25) is 9.69 Å². The minimum absolute atomic E-state index is 0.0268. The van der Waals surface area contributed by atoms with Crippen LogP contribution in [0.1, 0.15) is 66.6 Å². The Morgan fingerprint density at radius 1 is 1.23 bits per heavy atom. The molecule has 5 rings (SSSR count). The Bertz CT molecular complexity index is 927. The van der Waals surface area contributed by atoms with Gasteiger partial charge in [0.15, 0.2) is 0 Å². The smallest absolute Gasteiger partial charge is 0.261 e. The first-order valence-corrected chi connectivity index (χ1v) is 12.6. The van der Waals surface area contributed by atoms with Crippen LogP contribution < -0.4 is 10.6 Å². The number of thiophene rings is 1. The maximum absolute atomic E-state index is 13.3. The average molecular weight is 444 g/mol. The molecular formula is C23H33N5O2S. The maximum Gasteiger partial charge on any atom is 0.261 e. The molecule has 1 unspecified atom stereocenters. The molecule has 0 bridgehead atoms. The van der Waals surface area contributed by atoms with Gasteiger partial charge in [0.1, 0.15) is 17.0 Å². The molecule has 0 spiro atoms. The lowest BCUT2D eigenvalue weighted by Gasteiger charge is -2.43. The molecule has 1 saturated carbocycles. The van der Waals surface area contributed by atoms with Crippen LogP contribution >= 0.6 is 11.3 Å². The molecule has 1 amide bonds. The largest absolute Gasteiger partial charge is 0.379 e. The van der Waals surface area contributed by atoms with Crippen LogP contribution in [0.3, 0.4) is 0 Å². The number of piperidine rings is 1. The number of carbonyl (C=O) groups is 1. The van der Waals surface area contributed by atoms with E-state index >= 15 is 0 Å². The van der Waals surface area contributed by atoms with E-state index in [2.05, 4.69) is 25.5 Å². The number of carbonyl (C=O) groups excluding carboxylic acids is 1. The SMILES string of the molecule is Cc1c(C(=O)NCC2(N3CCCCC3)CCCC2)sc2ncnc(NC3CCOC3)c12. The molecule has 2 N–H and O–H groups in total. The Morgan fingerprint density at radius 3 is 2.77 bits per heavy atom. The summed E-state index contributed by atoms with van der Waals surface area (Å²) in [4.78, 5) is 26.5. The van der Waals surface area contributed by atoms with Crippen molar-refractivity contribution < 1.29 is 9.53 Å². The Labute approximate surface area is 188 Å². The summed E-state index contributed by atoms with van der Waals surface area (Å²) in [7, 11) is 0. The zero-order valence-corrected chi connectivity index (χ0v) is 19.2. The van der Waals surface area contributed by atoms with Crippen LogP contribution in [0, 0.1) is 6.92 Å². The minimum Gasteiger partial charge on any atom is -0.379 e. The van der Waals surface area contributed by atoms with Gasteiger partial charge in [0.2, 0.25) is 0 Å². The molecule has 2 saturated heterocycles. The van der Waals surface area contributed by atoms with E-state index in [9.17, 15) is 4.79 Å². The highest BCUT2D eigenvalue weighted by Crippen LogP contribution is 2.37. The molecule has 8 heteroatoms. The van der Waals surface area contributed by atoms with Crippen molar-refractivity contribution in [2.24, 2.45) is 0 Å². The number of hydrogen-bond acceptors (Lipinski definition) is 7. The third kappa shape index (κ3) is 4.17. The van der Waals surface area contributed by atoms with Crippen LogP contribution in [0.4, 0.5) is 5.82 Å². The maximum atomic E-state index is 13.3. The number of likely N-dealkylation sites (tertiary alicyclic amines) is 1. The molecule has 4 heterocycles. The molecule has 2 aromatic heterocycles. The molecule has 0 radical (unpaired) electrons. The highest BCUT2D eigenvalue weighted by atomic mass is 32.1. The molecule has 0 aromatic carbocycles. The van der Waals surface area contributed by atoms with Crippen molar-refractivity contribution >= 4 is 33.3 Å². The fourth-order valence-electron chi connectivity index (χ4n) is 5.57. The zero-order chi connectivity index (χ0) is 21.3. The van der Waals surface area contributed by atoms with Crippen LogP contribution in [0.25, 0.3) is 10.2 Å². The van der Waals surface area contributed by atoms with E-state index in [1.54, 1.807) is 6.33 Å². The van der Waals surface area contributed by atoms with Crippen LogP contribution in [0.5, 0.6) is 0 Å². The first-order chi connectivity index (χ1) is 15.2. The molecular weight excluding hydrogens is 410 g/mol. The summed E-state index contributed by atoms with van der Waals surface area (Å²) in [6, 6.07) is 0.265. The van der Waals surface area contributed by atoms with Crippen molar-refractivity contribution in [2.75, 3.05) is 38.2 Å². The van der Waals surface area contributed by atoms with E-state index in [-0.39, 0.29) is 17.5 Å². The number of amides is 1. The average Bonchev–Trinajstić information content (AvgIpc) is 3.55. The van der Waals surface area contributed by atoms with Crippen molar-refractivity contribution in [2.45, 2.75) is 69.9 Å². The van der Waals surface area contributed by atoms with Gasteiger partial charge in [-0.1, -0.05) is 19.3 Å². The van der Waals surface area contributed by atoms with Crippen molar-refractivity contribution in [1.29, 1.82) is 0 Å². The number of nitrogens with one attached hydrogen (secondary N) is 2. The number of aromatic nitrogens is 2. The first kappa shape index (κ1) is 21.1. The summed E-state index contributed by atoms with van der Waals surface area (Å²) in [5, 5.41) is 7.78. The number of hydrogen-bond donors (Lipinski definition) is 2. The van der Waals surface area contributed by atoms with E-state index in [4.69, 9.17) is 4.74 Å². The van der Waals surface area contributed by atoms with Gasteiger partial charge >= 0.3 is 0 Å². The number of rotatable bonds is 6. The monoisotopic (exact) mass is 443 g/mol. The number of nitrogens with zero attached hydrogens (tertiary/aromatic N) is 3. The lowest BCUT2D eigenvalue weighted by molar-refractivity contribution is 0.0644. The predicted octanol–water partition coefficient (Wildman–Crippen LogP) is 3.73. The molecule has 31 heavy (non-hydrogen) atoms. The van der Waals surface area contributed by atoms with Crippen LogP contribution in [-0.4, -0.2) is 65.2 Å². The van der Waals surface area contributed by atoms with Crippen LogP contribution in [0.15, 0.2) is 6.33 Å². The molecule has 3 aliphatic rings. The van der Waals surface area contributed by atoms with Gasteiger partial charge in [0.25, 0.3) is 5.91 Å². The van der Waals surface area contributed by atoms with Gasteiger partial charge in [0, 0.05) is 18.7 Å². The van der Waals surface area contributed by atoms with Crippen LogP contribution in [0.2, 0.25) is 0 Å². The summed E-state index contributed by atoms with van der Waals surface area (Å²) in [6.45, 7) is 6.58. The molecule has 2 aromatic rings. The third-order valence-electron chi connectivity index (χ3n) is 7.34. The molecule has 1 atom stereocenters. The van der Waals surface area contributed by atoms with E-state index in [0.29, 0.717) is 6.61 Å². The molecule has 7 nitrogen and oxygen atoms in total. The molecule has 2 aliphatic heterocycles. The van der Waals surface area contributed by atoms with Gasteiger partial charge in [0.05, 0.1) is 22.9 Å². The highest BCUT2D eigenvalue weighted by molar-refractivity contribution is 7.20. The highest BCUT2D eigenvalue weighted by Gasteiger charge is 2.40. The Morgan fingerprint density at radius 2 is 2.03 bits per heavy atom. The first-order valence-electron chi connectivity index (χ1n) is 11.8. The fourth-order valence-corrected chi connectivity index (χ4v) is 6.64. The van der Waals surface area contributed by atoms with Gasteiger partial charge in [-0.2, -0.15) is 0 Å². The summed E-state index contributed by atoms with van der Waals surface area (Å²) < 4.78 is 5.48. The number of aryl methyl sites for hydroxylation is 1. The van der Waals surface area contributed by atoms with E-state index in [1.807, 2.05) is 6.92 Å². The number of fused-ring (bicyclic) bond motifs is 1. The van der Waals surface area contributed by atoms with Crippen molar-refractivity contribution in [3.63, 3.8) is 0 Å². The number of ether oxygens (including phenoxy) is 1. The Balaban J connectivity index is 1.34. The van der Waals surface area contributed by atoms with Crippen LogP contribution in [-0.2, 0) is 4.74 Å². The fraction of sp³-hybridized carbons (Fsp3) is 0.696. The topological polar surface area (TPSA) is 79.4 Å². The summed E-state index contributed by atoms with van der Waals surface area (Å²) in [6.07, 6.45) is 11.4. The minimum atomic E-state index is 0.0268. The second-order valence-corrected chi connectivity index (χ2v) is 10.3. The predicted molar refractivity (Wildman–Crippen MR) is 124 cm³/mol. The normalized spacial score (nSPS) is 24.0. The number of anilines is 1. The van der Waals surface area contributed by atoms with Gasteiger partial charge < -0.3 is 15.4 Å². The molecule has 168 valence electrons. The Kier molecular flexibility index (Phi) is 6.12. The summed E-state index contributed by atoms with van der Waals surface area (Å²) >= 11 is 1.47. The van der Waals surface area contributed by atoms with Gasteiger partial charge in [-0.25, -0.2) is 9.97 Å². The second-order valence-electron chi connectivity index (χ2n) is 9.33. The van der Waals surface area contributed by atoms with E-state index < -0.39 is 0 Å². The summed E-state index contributed by atoms with van der Waals surface area (Å²) in [5.41, 5.74) is 1.12. The second kappa shape index (κ2) is 9.00. The lowest BCUT2D eigenvalue weighted by Crippen LogP contribution is -2.55. The van der Waals surface area contributed by atoms with E-state index in [0.717, 1.165) is 46.0 Å². The van der Waals surface area contributed by atoms with Crippen molar-refractivity contribution in [3.05, 3.63) is 16.8 Å². The third-order valence-corrected chi connectivity index (χ3v) is 8.54. The van der Waals surface area contributed by atoms with Crippen molar-refractivity contribution in [3.8, 4) is 0 Å². The van der Waals surface area contributed by atoms with Gasteiger partial charge in [-0.15, -0.1) is 11.3 Å². The molecule has 1 aliphatic carbocycles. The zero-order valence-electron chi connectivity index (χ0n) is 18.4. The van der Waals surface area contributed by atoms with E-state index in [1.165, 1.54) is 69.4 Å². The quantitative estimate of drug-likeness (QED) is 0.708. The standard InChI is InChI=1S/C23H33N5O2S/c1-16-18-20(27-17-7-12-30-13-17)25-15-26-22(18)31-19(16)21(29)24-14-23(8-3-4-9-23)28-10-5-2-6-11-28/h15,17H,2-14H2,1H3,(H,24,29)(H,25,26,27). The molecule has 3 fully saturated rings.